The average molecular weight is 318 g/mol. The van der Waals surface area contributed by atoms with E-state index >= 15 is 0 Å². The molecule has 0 aromatic heterocycles. The van der Waals surface area contributed by atoms with E-state index in [2.05, 4.69) is 19.9 Å². The molecule has 2 nitrogen and oxygen atoms in total. The van der Waals surface area contributed by atoms with Gasteiger partial charge in [-0.1, -0.05) is 25.5 Å². The maximum Gasteiger partial charge on any atom is 0.133 e. The van der Waals surface area contributed by atoms with Crippen LogP contribution in [0.2, 0.25) is 0 Å². The average Bonchev–Trinajstić information content (AvgIpc) is 2.85. The summed E-state index contributed by atoms with van der Waals surface area (Å²) in [6.45, 7) is 6.70. The van der Waals surface area contributed by atoms with E-state index in [1.807, 2.05) is 6.92 Å². The highest BCUT2D eigenvalue weighted by Crippen LogP contribution is 2.66. The number of carbonyl (C=O) groups excluding carboxylic acids is 1. The minimum Gasteiger partial charge on any atom is -0.393 e. The van der Waals surface area contributed by atoms with E-state index in [1.165, 1.54) is 25.7 Å². The molecule has 0 radical (unpaired) electrons. The summed E-state index contributed by atoms with van der Waals surface area (Å²) < 4.78 is 0. The molecule has 4 aliphatic rings. The Bertz CT molecular complexity index is 550. The van der Waals surface area contributed by atoms with Crippen molar-refractivity contribution in [1.82, 2.24) is 0 Å². The Morgan fingerprint density at radius 1 is 1.13 bits per heavy atom. The second-order valence-corrected chi connectivity index (χ2v) is 9.44. The number of ketones is 1. The van der Waals surface area contributed by atoms with Crippen LogP contribution in [0.3, 0.4) is 0 Å². The van der Waals surface area contributed by atoms with Crippen molar-refractivity contribution in [3.8, 4) is 0 Å². The summed E-state index contributed by atoms with van der Waals surface area (Å²) in [4.78, 5) is 12.2. The Balaban J connectivity index is 1.66. The third-order valence-electron chi connectivity index (χ3n) is 8.57. The fourth-order valence-electron chi connectivity index (χ4n) is 7.31. The van der Waals surface area contributed by atoms with Gasteiger partial charge in [0.05, 0.1) is 6.10 Å². The molecule has 7 atom stereocenters. The fraction of sp³-hybridized carbons (Fsp3) is 0.857. The standard InChI is InChI=1S/C21H32O2/c1-13(22)17-6-7-18-16-5-4-14-12-15(23)8-10-20(14,2)19(16)9-11-21(17,18)3/h4,15-19,23H,5-12H2,1-3H3/t15-,16-,17?,18-,19-,20-,21+/m0/s1/i1+1,13+1. The molecule has 3 saturated carbocycles. The Morgan fingerprint density at radius 3 is 2.65 bits per heavy atom. The zero-order valence-electron chi connectivity index (χ0n) is 15.0. The molecule has 0 aromatic rings. The Kier molecular flexibility index (Phi) is 3.58. The fourth-order valence-corrected chi connectivity index (χ4v) is 7.31. The van der Waals surface area contributed by atoms with Gasteiger partial charge in [0.1, 0.15) is 5.78 Å². The van der Waals surface area contributed by atoms with Crippen molar-refractivity contribution in [2.75, 3.05) is 0 Å². The van der Waals surface area contributed by atoms with Gasteiger partial charge in [-0.3, -0.25) is 4.79 Å². The second-order valence-electron chi connectivity index (χ2n) is 9.44. The summed E-state index contributed by atoms with van der Waals surface area (Å²) in [6.07, 6.45) is 11.5. The number of carbonyl (C=O) groups is 1. The van der Waals surface area contributed by atoms with E-state index in [4.69, 9.17) is 0 Å². The highest BCUT2D eigenvalue weighted by atomic mass is 16.3. The number of allylic oxidation sites excluding steroid dienone is 1. The minimum atomic E-state index is -0.117. The second kappa shape index (κ2) is 5.18. The number of hydrogen-bond donors (Lipinski definition) is 1. The van der Waals surface area contributed by atoms with E-state index in [1.54, 1.807) is 5.57 Å². The summed E-state index contributed by atoms with van der Waals surface area (Å²) in [6, 6.07) is 0. The molecule has 0 spiro atoms. The number of Topliss-reactive ketones (excluding diaryl/α,β-unsaturated/α-hetero) is 1. The van der Waals surface area contributed by atoms with E-state index in [9.17, 15) is 9.90 Å². The van der Waals surface area contributed by atoms with Crippen LogP contribution in [-0.2, 0) is 4.79 Å². The molecule has 1 unspecified atom stereocenters. The normalized spacial score (nSPS) is 52.2. The quantitative estimate of drug-likeness (QED) is 0.570. The number of hydrogen-bond acceptors (Lipinski definition) is 2. The van der Waals surface area contributed by atoms with Crippen molar-refractivity contribution < 1.29 is 9.90 Å². The molecule has 0 heterocycles. The van der Waals surface area contributed by atoms with Gasteiger partial charge in [0.25, 0.3) is 0 Å². The van der Waals surface area contributed by atoms with Crippen molar-refractivity contribution >= 4 is 5.78 Å². The first-order valence-electron chi connectivity index (χ1n) is 9.74. The minimum absolute atomic E-state index is 0.117. The van der Waals surface area contributed by atoms with E-state index in [0.717, 1.165) is 43.4 Å². The van der Waals surface area contributed by atoms with Gasteiger partial charge in [0.2, 0.25) is 0 Å². The predicted molar refractivity (Wildman–Crippen MR) is 91.9 cm³/mol. The molecule has 0 aliphatic heterocycles. The molecule has 0 saturated heterocycles. The molecular weight excluding hydrogens is 286 g/mol. The van der Waals surface area contributed by atoms with Crippen LogP contribution in [-0.4, -0.2) is 17.0 Å². The van der Waals surface area contributed by atoms with E-state index < -0.39 is 0 Å². The zero-order valence-corrected chi connectivity index (χ0v) is 15.0. The van der Waals surface area contributed by atoms with Gasteiger partial charge in [0.15, 0.2) is 0 Å². The molecule has 1 N–H and O–H groups in total. The highest BCUT2D eigenvalue weighted by Gasteiger charge is 2.59. The van der Waals surface area contributed by atoms with Gasteiger partial charge < -0.3 is 5.11 Å². The van der Waals surface area contributed by atoms with E-state index in [0.29, 0.717) is 17.1 Å². The third kappa shape index (κ3) is 2.13. The molecule has 23 heavy (non-hydrogen) atoms. The topological polar surface area (TPSA) is 37.3 Å². The summed E-state index contributed by atoms with van der Waals surface area (Å²) in [5.74, 6) is 3.00. The summed E-state index contributed by atoms with van der Waals surface area (Å²) in [7, 11) is 0. The third-order valence-corrected chi connectivity index (χ3v) is 8.57. The van der Waals surface area contributed by atoms with Crippen molar-refractivity contribution in [1.29, 1.82) is 0 Å². The lowest BCUT2D eigenvalue weighted by Crippen LogP contribution is -2.50. The summed E-state index contributed by atoms with van der Waals surface area (Å²) >= 11 is 0. The number of aliphatic hydroxyl groups excluding tert-OH is 1. The Labute approximate surface area is 140 Å². The number of aliphatic hydroxyl groups is 1. The van der Waals surface area contributed by atoms with Crippen LogP contribution in [0.25, 0.3) is 0 Å². The monoisotopic (exact) mass is 318 g/mol. The molecule has 3 fully saturated rings. The maximum atomic E-state index is 12.2. The van der Waals surface area contributed by atoms with E-state index in [-0.39, 0.29) is 11.5 Å². The van der Waals surface area contributed by atoms with Crippen LogP contribution < -0.4 is 0 Å². The smallest absolute Gasteiger partial charge is 0.133 e. The first kappa shape index (κ1) is 15.9. The maximum absolute atomic E-state index is 12.2. The summed E-state index contributed by atoms with van der Waals surface area (Å²) in [5, 5.41) is 10.1. The highest BCUT2D eigenvalue weighted by molar-refractivity contribution is 5.79. The van der Waals surface area contributed by atoms with Gasteiger partial charge in [-0.05, 0) is 86.9 Å². The first-order valence-corrected chi connectivity index (χ1v) is 9.74. The molecule has 0 amide bonds. The van der Waals surface area contributed by atoms with Gasteiger partial charge in [-0.15, -0.1) is 0 Å². The Hall–Kier alpha value is -0.630. The van der Waals surface area contributed by atoms with Crippen LogP contribution >= 0.6 is 0 Å². The van der Waals surface area contributed by atoms with Gasteiger partial charge in [0, 0.05) is 5.92 Å². The van der Waals surface area contributed by atoms with Crippen molar-refractivity contribution in [2.24, 2.45) is 34.5 Å². The molecule has 4 aliphatic carbocycles. The molecule has 128 valence electrons. The van der Waals surface area contributed by atoms with Crippen molar-refractivity contribution in [3.05, 3.63) is 11.6 Å². The molecule has 2 heteroatoms. The van der Waals surface area contributed by atoms with Crippen LogP contribution in [0.1, 0.15) is 72.1 Å². The summed E-state index contributed by atoms with van der Waals surface area (Å²) in [5.41, 5.74) is 2.11. The Morgan fingerprint density at radius 2 is 1.91 bits per heavy atom. The van der Waals surface area contributed by atoms with Crippen molar-refractivity contribution in [3.63, 3.8) is 0 Å². The van der Waals surface area contributed by atoms with Gasteiger partial charge in [-0.2, -0.15) is 0 Å². The van der Waals surface area contributed by atoms with Crippen LogP contribution in [0.4, 0.5) is 0 Å². The molecule has 0 aromatic carbocycles. The number of rotatable bonds is 1. The van der Waals surface area contributed by atoms with Gasteiger partial charge in [-0.25, -0.2) is 0 Å². The van der Waals surface area contributed by atoms with Crippen molar-refractivity contribution in [2.45, 2.75) is 78.2 Å². The van der Waals surface area contributed by atoms with Crippen LogP contribution in [0.5, 0.6) is 0 Å². The first-order chi connectivity index (χ1) is 10.9. The molecule has 0 bridgehead atoms. The SMILES string of the molecule is C[C@]12CC[C@H](O)CC1=CC[C@@H]1[C@@H]2CC[C@]2(C)C([13C]([13CH3])=O)CC[C@@H]12. The lowest BCUT2D eigenvalue weighted by atomic mass is 9.47. The lowest BCUT2D eigenvalue weighted by Gasteiger charge is -2.57. The molecule has 4 rings (SSSR count). The molecular formula is C21H32O2. The van der Waals surface area contributed by atoms with Gasteiger partial charge >= 0.3 is 0 Å². The largest absolute Gasteiger partial charge is 0.393 e. The lowest BCUT2D eigenvalue weighted by molar-refractivity contribution is -0.127. The number of fused-ring (bicyclic) bond motifs is 5. The van der Waals surface area contributed by atoms with Crippen LogP contribution in [0.15, 0.2) is 11.6 Å². The zero-order chi connectivity index (χ0) is 16.4. The van der Waals surface area contributed by atoms with Crippen LogP contribution in [0, 0.1) is 34.5 Å². The predicted octanol–water partition coefficient (Wildman–Crippen LogP) is 4.52.